The summed E-state index contributed by atoms with van der Waals surface area (Å²) in [5.41, 5.74) is 6.62. The highest BCUT2D eigenvalue weighted by molar-refractivity contribution is 5.73. The molecule has 1 N–H and O–H groups in total. The maximum atomic E-state index is 9.53. The van der Waals surface area contributed by atoms with Gasteiger partial charge in [0.2, 0.25) is 0 Å². The highest BCUT2D eigenvalue weighted by Crippen LogP contribution is 2.33. The van der Waals surface area contributed by atoms with Crippen LogP contribution in [0.4, 0.5) is 0 Å². The van der Waals surface area contributed by atoms with Gasteiger partial charge in [0.05, 0.1) is 13.2 Å². The Bertz CT molecular complexity index is 795. The summed E-state index contributed by atoms with van der Waals surface area (Å²) >= 11 is 0. The fraction of sp³-hybridized carbons (Fsp3) is 0.455. The Morgan fingerprint density at radius 1 is 1.12 bits per heavy atom. The van der Waals surface area contributed by atoms with Crippen LogP contribution in [-0.4, -0.2) is 30.2 Å². The summed E-state index contributed by atoms with van der Waals surface area (Å²) in [5, 5.41) is 9.53. The smallest absolute Gasteiger partial charge is 0.163 e. The normalized spacial score (nSPS) is 18.9. The molecule has 0 amide bonds. The van der Waals surface area contributed by atoms with E-state index in [9.17, 15) is 5.11 Å². The average molecular weight is 356 g/mol. The van der Waals surface area contributed by atoms with Crippen molar-refractivity contribution in [3.8, 4) is 16.9 Å². The van der Waals surface area contributed by atoms with Crippen molar-refractivity contribution >= 4 is 0 Å². The molecule has 4 heteroatoms. The number of hydrogen-bond acceptors (Lipinski definition) is 4. The van der Waals surface area contributed by atoms with E-state index in [1.54, 1.807) is 0 Å². The van der Waals surface area contributed by atoms with Gasteiger partial charge in [-0.2, -0.15) is 0 Å². The summed E-state index contributed by atoms with van der Waals surface area (Å²) in [5.74, 6) is 0.341. The third kappa shape index (κ3) is 3.93. The van der Waals surface area contributed by atoms with Gasteiger partial charge in [0.1, 0.15) is 18.5 Å². The monoisotopic (exact) mass is 356 g/mol. The molecule has 1 atom stereocenters. The fourth-order valence-electron chi connectivity index (χ4n) is 3.41. The first-order valence-electron chi connectivity index (χ1n) is 9.06. The van der Waals surface area contributed by atoms with Gasteiger partial charge in [0.15, 0.2) is 5.79 Å². The van der Waals surface area contributed by atoms with Crippen molar-refractivity contribution in [3.63, 3.8) is 0 Å². The maximum Gasteiger partial charge on any atom is 0.163 e. The van der Waals surface area contributed by atoms with Crippen LogP contribution in [0.2, 0.25) is 0 Å². The van der Waals surface area contributed by atoms with Gasteiger partial charge in [-0.05, 0) is 80.1 Å². The van der Waals surface area contributed by atoms with Crippen LogP contribution in [-0.2, 0) is 16.1 Å². The molecule has 2 aromatic carbocycles. The summed E-state index contributed by atoms with van der Waals surface area (Å²) in [7, 11) is 0. The Labute approximate surface area is 155 Å². The van der Waals surface area contributed by atoms with Crippen LogP contribution in [0.3, 0.4) is 0 Å². The number of aliphatic hydroxyl groups is 1. The molecule has 1 aliphatic rings. The molecule has 140 valence electrons. The summed E-state index contributed by atoms with van der Waals surface area (Å²) in [6.07, 6.45) is -0.0483. The van der Waals surface area contributed by atoms with Crippen LogP contribution in [0.5, 0.6) is 5.75 Å². The summed E-state index contributed by atoms with van der Waals surface area (Å²) in [4.78, 5) is 0. The van der Waals surface area contributed by atoms with Gasteiger partial charge in [0.25, 0.3) is 0 Å². The largest absolute Gasteiger partial charge is 0.491 e. The van der Waals surface area contributed by atoms with E-state index < -0.39 is 5.79 Å². The average Bonchev–Trinajstić information content (AvgIpc) is 2.95. The molecule has 26 heavy (non-hydrogen) atoms. The van der Waals surface area contributed by atoms with E-state index in [-0.39, 0.29) is 12.7 Å². The number of rotatable bonds is 5. The Morgan fingerprint density at radius 2 is 1.88 bits per heavy atom. The third-order valence-electron chi connectivity index (χ3n) is 4.92. The number of aliphatic hydroxyl groups excluding tert-OH is 1. The fourth-order valence-corrected chi connectivity index (χ4v) is 3.41. The van der Waals surface area contributed by atoms with Crippen molar-refractivity contribution in [2.75, 3.05) is 13.2 Å². The molecule has 1 fully saturated rings. The van der Waals surface area contributed by atoms with Crippen molar-refractivity contribution in [2.45, 2.75) is 53.1 Å². The molecule has 1 aliphatic heterocycles. The lowest BCUT2D eigenvalue weighted by molar-refractivity contribution is -0.141. The minimum Gasteiger partial charge on any atom is -0.491 e. The summed E-state index contributed by atoms with van der Waals surface area (Å²) in [6.45, 7) is 11.1. The lowest BCUT2D eigenvalue weighted by Gasteiger charge is -2.19. The minimum atomic E-state index is -0.530. The van der Waals surface area contributed by atoms with E-state index in [2.05, 4.69) is 39.0 Å². The molecular formula is C22H28O4. The number of aryl methyl sites for hydroxylation is 2. The number of ether oxygens (including phenoxy) is 3. The summed E-state index contributed by atoms with van der Waals surface area (Å²) < 4.78 is 17.4. The lowest BCUT2D eigenvalue weighted by atomic mass is 9.92. The SMILES string of the molecule is Cc1cc(-c2cccc(CO)c2C)c(C)cc1OC[C@@H]1COC(C)(C)O1. The van der Waals surface area contributed by atoms with E-state index in [0.717, 1.165) is 33.6 Å². The molecule has 4 nitrogen and oxygen atoms in total. The van der Waals surface area contributed by atoms with Gasteiger partial charge in [0, 0.05) is 0 Å². The van der Waals surface area contributed by atoms with Crippen LogP contribution < -0.4 is 4.74 Å². The number of benzene rings is 2. The zero-order chi connectivity index (χ0) is 18.9. The van der Waals surface area contributed by atoms with Crippen LogP contribution in [0.25, 0.3) is 11.1 Å². The first-order chi connectivity index (χ1) is 12.3. The predicted octanol–water partition coefficient (Wildman–Crippen LogP) is 4.30. The number of hydrogen-bond donors (Lipinski definition) is 1. The van der Waals surface area contributed by atoms with Crippen molar-refractivity contribution in [1.29, 1.82) is 0 Å². The van der Waals surface area contributed by atoms with Gasteiger partial charge in [-0.25, -0.2) is 0 Å². The molecule has 0 spiro atoms. The van der Waals surface area contributed by atoms with Crippen molar-refractivity contribution < 1.29 is 19.3 Å². The molecule has 0 saturated carbocycles. The molecule has 0 aromatic heterocycles. The highest BCUT2D eigenvalue weighted by Gasteiger charge is 2.33. The van der Waals surface area contributed by atoms with E-state index in [1.807, 2.05) is 26.0 Å². The van der Waals surface area contributed by atoms with Crippen molar-refractivity contribution in [1.82, 2.24) is 0 Å². The Kier molecular flexibility index (Phi) is 5.37. The van der Waals surface area contributed by atoms with Gasteiger partial charge < -0.3 is 19.3 Å². The molecule has 1 heterocycles. The Hall–Kier alpha value is -1.88. The molecule has 1 saturated heterocycles. The van der Waals surface area contributed by atoms with E-state index in [1.165, 1.54) is 5.56 Å². The second-order valence-corrected chi connectivity index (χ2v) is 7.44. The quantitative estimate of drug-likeness (QED) is 0.868. The molecule has 0 unspecified atom stereocenters. The molecule has 0 radical (unpaired) electrons. The van der Waals surface area contributed by atoms with Crippen LogP contribution in [0.1, 0.15) is 36.1 Å². The highest BCUT2D eigenvalue weighted by atomic mass is 16.7. The molecule has 2 aromatic rings. The summed E-state index contributed by atoms with van der Waals surface area (Å²) in [6, 6.07) is 10.3. The third-order valence-corrected chi connectivity index (χ3v) is 4.92. The van der Waals surface area contributed by atoms with Gasteiger partial charge in [-0.1, -0.05) is 18.2 Å². The topological polar surface area (TPSA) is 47.9 Å². The predicted molar refractivity (Wildman–Crippen MR) is 102 cm³/mol. The van der Waals surface area contributed by atoms with Crippen LogP contribution >= 0.6 is 0 Å². The molecule has 0 aliphatic carbocycles. The van der Waals surface area contributed by atoms with Gasteiger partial charge in [-0.3, -0.25) is 0 Å². The Balaban J connectivity index is 1.81. The van der Waals surface area contributed by atoms with E-state index in [0.29, 0.717) is 13.2 Å². The lowest BCUT2D eigenvalue weighted by Crippen LogP contribution is -2.25. The van der Waals surface area contributed by atoms with E-state index >= 15 is 0 Å². The molecule has 3 rings (SSSR count). The van der Waals surface area contributed by atoms with Crippen molar-refractivity contribution in [3.05, 3.63) is 52.6 Å². The zero-order valence-electron chi connectivity index (χ0n) is 16.3. The second-order valence-electron chi connectivity index (χ2n) is 7.44. The van der Waals surface area contributed by atoms with Crippen LogP contribution in [0.15, 0.2) is 30.3 Å². The maximum absolute atomic E-state index is 9.53. The van der Waals surface area contributed by atoms with Crippen LogP contribution in [0, 0.1) is 20.8 Å². The minimum absolute atomic E-state index is 0.0483. The van der Waals surface area contributed by atoms with Gasteiger partial charge >= 0.3 is 0 Å². The Morgan fingerprint density at radius 3 is 2.54 bits per heavy atom. The first kappa shape index (κ1) is 18.9. The molecular weight excluding hydrogens is 328 g/mol. The standard InChI is InChI=1S/C22H28O4/c1-14-10-21(24-12-18-13-25-22(4,5)26-18)15(2)9-20(14)19-8-6-7-17(11-23)16(19)3/h6-10,18,23H,11-13H2,1-5H3/t18-/m1/s1. The van der Waals surface area contributed by atoms with Crippen molar-refractivity contribution in [2.24, 2.45) is 0 Å². The second kappa shape index (κ2) is 7.39. The first-order valence-corrected chi connectivity index (χ1v) is 9.06. The van der Waals surface area contributed by atoms with Gasteiger partial charge in [-0.15, -0.1) is 0 Å². The molecule has 0 bridgehead atoms. The zero-order valence-corrected chi connectivity index (χ0v) is 16.3. The van der Waals surface area contributed by atoms with E-state index in [4.69, 9.17) is 14.2 Å².